The Morgan fingerprint density at radius 2 is 2.12 bits per heavy atom. The first kappa shape index (κ1) is 11.9. The first-order valence-corrected chi connectivity index (χ1v) is 5.79. The zero-order valence-electron chi connectivity index (χ0n) is 10.0. The monoisotopic (exact) mass is 251 g/mol. The summed E-state index contributed by atoms with van der Waals surface area (Å²) in [5.74, 6) is 1.39. The number of nitrogens with zero attached hydrogens (tertiary/aromatic N) is 4. The second kappa shape index (κ2) is 4.71. The van der Waals surface area contributed by atoms with Crippen LogP contribution in [0.2, 0.25) is 5.02 Å². The average Bonchev–Trinajstić information content (AvgIpc) is 2.58. The molecule has 2 rings (SSSR count). The predicted octanol–water partition coefficient (Wildman–Crippen LogP) is 2.36. The van der Waals surface area contributed by atoms with Crippen LogP contribution in [0, 0.1) is 13.8 Å². The van der Waals surface area contributed by atoms with Crippen LogP contribution in [0.5, 0.6) is 0 Å². The SMILES string of the molecule is CCNc1cncc(-n2nc(C)c(Cl)c2C)n1. The smallest absolute Gasteiger partial charge is 0.174 e. The van der Waals surface area contributed by atoms with Crippen LogP contribution in [-0.4, -0.2) is 26.3 Å². The molecule has 0 aromatic carbocycles. The third-order valence-electron chi connectivity index (χ3n) is 2.40. The Morgan fingerprint density at radius 1 is 1.35 bits per heavy atom. The summed E-state index contributed by atoms with van der Waals surface area (Å²) in [5, 5.41) is 8.11. The summed E-state index contributed by atoms with van der Waals surface area (Å²) >= 11 is 6.10. The summed E-state index contributed by atoms with van der Waals surface area (Å²) in [6, 6.07) is 0. The first-order valence-electron chi connectivity index (χ1n) is 5.41. The minimum Gasteiger partial charge on any atom is -0.369 e. The van der Waals surface area contributed by atoms with Crippen molar-refractivity contribution in [2.24, 2.45) is 0 Å². The van der Waals surface area contributed by atoms with E-state index in [1.54, 1.807) is 17.1 Å². The molecule has 0 fully saturated rings. The second-order valence-electron chi connectivity index (χ2n) is 3.69. The summed E-state index contributed by atoms with van der Waals surface area (Å²) in [7, 11) is 0. The van der Waals surface area contributed by atoms with Crippen LogP contribution in [0.25, 0.3) is 5.82 Å². The number of hydrogen-bond acceptors (Lipinski definition) is 4. The van der Waals surface area contributed by atoms with Gasteiger partial charge in [-0.3, -0.25) is 4.98 Å². The lowest BCUT2D eigenvalue weighted by Crippen LogP contribution is -2.06. The highest BCUT2D eigenvalue weighted by Gasteiger charge is 2.11. The molecule has 0 radical (unpaired) electrons. The summed E-state index contributed by atoms with van der Waals surface area (Å²) in [5.41, 5.74) is 1.66. The van der Waals surface area contributed by atoms with Crippen LogP contribution in [-0.2, 0) is 0 Å². The molecule has 90 valence electrons. The van der Waals surface area contributed by atoms with Gasteiger partial charge in [-0.05, 0) is 20.8 Å². The van der Waals surface area contributed by atoms with E-state index < -0.39 is 0 Å². The lowest BCUT2D eigenvalue weighted by atomic mass is 10.4. The molecule has 1 N–H and O–H groups in total. The number of halogens is 1. The molecule has 2 heterocycles. The van der Waals surface area contributed by atoms with E-state index >= 15 is 0 Å². The van der Waals surface area contributed by atoms with E-state index in [2.05, 4.69) is 20.4 Å². The summed E-state index contributed by atoms with van der Waals surface area (Å²) in [6.07, 6.45) is 3.34. The lowest BCUT2D eigenvalue weighted by Gasteiger charge is -2.06. The predicted molar refractivity (Wildman–Crippen MR) is 67.8 cm³/mol. The first-order chi connectivity index (χ1) is 8.13. The van der Waals surface area contributed by atoms with Gasteiger partial charge in [0.05, 0.1) is 28.8 Å². The van der Waals surface area contributed by atoms with Gasteiger partial charge >= 0.3 is 0 Å². The molecule has 0 atom stereocenters. The van der Waals surface area contributed by atoms with Gasteiger partial charge < -0.3 is 5.32 Å². The summed E-state index contributed by atoms with van der Waals surface area (Å²) in [6.45, 7) is 6.59. The van der Waals surface area contributed by atoms with E-state index in [1.165, 1.54) is 0 Å². The topological polar surface area (TPSA) is 55.6 Å². The summed E-state index contributed by atoms with van der Waals surface area (Å²) < 4.78 is 1.70. The maximum atomic E-state index is 6.10. The van der Waals surface area contributed by atoms with E-state index in [9.17, 15) is 0 Å². The fraction of sp³-hybridized carbons (Fsp3) is 0.364. The molecule has 0 aliphatic carbocycles. The fourth-order valence-corrected chi connectivity index (χ4v) is 1.69. The molecule has 0 spiro atoms. The minimum atomic E-state index is 0.663. The van der Waals surface area contributed by atoms with Crippen molar-refractivity contribution in [3.8, 4) is 5.82 Å². The van der Waals surface area contributed by atoms with Crippen LogP contribution in [0.4, 0.5) is 5.82 Å². The molecule has 2 aromatic rings. The molecule has 0 saturated heterocycles. The summed E-state index contributed by atoms with van der Waals surface area (Å²) in [4.78, 5) is 8.55. The van der Waals surface area contributed by atoms with Gasteiger partial charge in [-0.2, -0.15) is 5.10 Å². The van der Waals surface area contributed by atoms with Crippen molar-refractivity contribution in [1.82, 2.24) is 19.7 Å². The van der Waals surface area contributed by atoms with Gasteiger partial charge in [0.1, 0.15) is 5.82 Å². The van der Waals surface area contributed by atoms with Gasteiger partial charge in [-0.1, -0.05) is 11.6 Å². The van der Waals surface area contributed by atoms with Gasteiger partial charge in [0, 0.05) is 6.54 Å². The van der Waals surface area contributed by atoms with Crippen molar-refractivity contribution in [1.29, 1.82) is 0 Å². The maximum absolute atomic E-state index is 6.10. The average molecular weight is 252 g/mol. The van der Waals surface area contributed by atoms with Crippen LogP contribution < -0.4 is 5.32 Å². The van der Waals surface area contributed by atoms with Gasteiger partial charge in [0.2, 0.25) is 0 Å². The largest absolute Gasteiger partial charge is 0.369 e. The lowest BCUT2D eigenvalue weighted by molar-refractivity contribution is 0.799. The molecule has 0 unspecified atom stereocenters. The van der Waals surface area contributed by atoms with Gasteiger partial charge in [0.25, 0.3) is 0 Å². The van der Waals surface area contributed by atoms with Crippen LogP contribution in [0.1, 0.15) is 18.3 Å². The Hall–Kier alpha value is -1.62. The minimum absolute atomic E-state index is 0.663. The van der Waals surface area contributed by atoms with Crippen LogP contribution in [0.15, 0.2) is 12.4 Å². The van der Waals surface area contributed by atoms with Crippen LogP contribution in [0.3, 0.4) is 0 Å². The highest BCUT2D eigenvalue weighted by atomic mass is 35.5. The molecule has 0 aliphatic rings. The molecule has 0 bridgehead atoms. The molecule has 0 aliphatic heterocycles. The van der Waals surface area contributed by atoms with Crippen molar-refractivity contribution >= 4 is 17.4 Å². The number of rotatable bonds is 3. The maximum Gasteiger partial charge on any atom is 0.174 e. The number of hydrogen-bond donors (Lipinski definition) is 1. The quantitative estimate of drug-likeness (QED) is 0.910. The number of nitrogens with one attached hydrogen (secondary N) is 1. The zero-order valence-corrected chi connectivity index (χ0v) is 10.8. The van der Waals surface area contributed by atoms with Crippen molar-refractivity contribution in [3.05, 3.63) is 28.8 Å². The number of aromatic nitrogens is 4. The highest BCUT2D eigenvalue weighted by Crippen LogP contribution is 2.21. The number of aryl methyl sites for hydroxylation is 1. The van der Waals surface area contributed by atoms with Gasteiger partial charge in [-0.25, -0.2) is 9.67 Å². The van der Waals surface area contributed by atoms with Gasteiger partial charge in [-0.15, -0.1) is 0 Å². The Balaban J connectivity index is 2.45. The van der Waals surface area contributed by atoms with E-state index in [0.29, 0.717) is 10.8 Å². The number of anilines is 1. The molecule has 0 amide bonds. The second-order valence-corrected chi connectivity index (χ2v) is 4.07. The van der Waals surface area contributed by atoms with E-state index in [1.807, 2.05) is 20.8 Å². The third kappa shape index (κ3) is 2.24. The Labute approximate surface area is 105 Å². The molecule has 2 aromatic heterocycles. The molecular weight excluding hydrogens is 238 g/mol. The zero-order chi connectivity index (χ0) is 12.4. The normalized spacial score (nSPS) is 10.6. The standard InChI is InChI=1S/C11H14ClN5/c1-4-14-9-5-13-6-10(15-9)17-8(3)11(12)7(2)16-17/h5-6H,4H2,1-3H3,(H,14,15). The van der Waals surface area contributed by atoms with Crippen molar-refractivity contribution in [2.45, 2.75) is 20.8 Å². The molecule has 6 heteroatoms. The molecule has 17 heavy (non-hydrogen) atoms. The molecule has 0 saturated carbocycles. The van der Waals surface area contributed by atoms with Crippen LogP contribution >= 0.6 is 11.6 Å². The van der Waals surface area contributed by atoms with Gasteiger partial charge in [0.15, 0.2) is 5.82 Å². The van der Waals surface area contributed by atoms with E-state index in [-0.39, 0.29) is 0 Å². The van der Waals surface area contributed by atoms with Crippen molar-refractivity contribution in [2.75, 3.05) is 11.9 Å². The Morgan fingerprint density at radius 3 is 2.71 bits per heavy atom. The fourth-order valence-electron chi connectivity index (χ4n) is 1.57. The Bertz CT molecular complexity index is 535. The van der Waals surface area contributed by atoms with Crippen molar-refractivity contribution < 1.29 is 0 Å². The molecule has 5 nitrogen and oxygen atoms in total. The highest BCUT2D eigenvalue weighted by molar-refractivity contribution is 6.31. The van der Waals surface area contributed by atoms with E-state index in [0.717, 1.165) is 23.8 Å². The van der Waals surface area contributed by atoms with Crippen molar-refractivity contribution in [3.63, 3.8) is 0 Å². The molecular formula is C11H14ClN5. The third-order valence-corrected chi connectivity index (χ3v) is 2.95. The Kier molecular flexibility index (Phi) is 3.28. The van der Waals surface area contributed by atoms with E-state index in [4.69, 9.17) is 11.6 Å².